The van der Waals surface area contributed by atoms with E-state index in [1.54, 1.807) is 0 Å². The van der Waals surface area contributed by atoms with Gasteiger partial charge in [-0.15, -0.1) is 0 Å². The lowest BCUT2D eigenvalue weighted by atomic mass is 9.64. The molecule has 3 aromatic carbocycles. The van der Waals surface area contributed by atoms with Gasteiger partial charge < -0.3 is 9.84 Å². The van der Waals surface area contributed by atoms with Crippen LogP contribution in [0.2, 0.25) is 0 Å². The molecule has 4 heteroatoms. The number of aliphatic carboxylic acids is 1. The average Bonchev–Trinajstić information content (AvgIpc) is 2.88. The molecule has 1 heterocycles. The van der Waals surface area contributed by atoms with E-state index >= 15 is 0 Å². The number of ether oxygens (including phenoxy) is 1. The highest BCUT2D eigenvalue weighted by Crippen LogP contribution is 2.46. The molecule has 0 amide bonds. The van der Waals surface area contributed by atoms with Crippen LogP contribution in [0.1, 0.15) is 48.4 Å². The lowest BCUT2D eigenvalue weighted by Crippen LogP contribution is -2.40. The molecule has 1 aliphatic rings. The van der Waals surface area contributed by atoms with Crippen molar-refractivity contribution in [1.82, 2.24) is 4.98 Å². The summed E-state index contributed by atoms with van der Waals surface area (Å²) in [6.45, 7) is 0.365. The first-order valence-electron chi connectivity index (χ1n) is 11.5. The molecule has 1 saturated carbocycles. The van der Waals surface area contributed by atoms with Gasteiger partial charge in [0.25, 0.3) is 0 Å². The van der Waals surface area contributed by atoms with Gasteiger partial charge in [0.2, 0.25) is 0 Å². The molecule has 1 N–H and O–H groups in total. The lowest BCUT2D eigenvalue weighted by molar-refractivity contribution is -0.145. The number of pyridine rings is 1. The van der Waals surface area contributed by atoms with Gasteiger partial charge in [0.1, 0.15) is 12.4 Å². The number of hydrogen-bond donors (Lipinski definition) is 1. The van der Waals surface area contributed by atoms with Gasteiger partial charge in [-0.2, -0.15) is 0 Å². The normalized spacial score (nSPS) is 20.4. The molecule has 1 aliphatic carbocycles. The summed E-state index contributed by atoms with van der Waals surface area (Å²) in [4.78, 5) is 17.2. The van der Waals surface area contributed by atoms with Crippen molar-refractivity contribution in [3.05, 3.63) is 108 Å². The minimum absolute atomic E-state index is 0.256. The second-order valence-electron chi connectivity index (χ2n) is 8.90. The molecule has 2 unspecified atom stereocenters. The van der Waals surface area contributed by atoms with E-state index in [2.05, 4.69) is 17.1 Å². The van der Waals surface area contributed by atoms with Gasteiger partial charge in [0.15, 0.2) is 0 Å². The maximum absolute atomic E-state index is 12.5. The molecule has 4 aromatic rings. The number of benzene rings is 3. The van der Waals surface area contributed by atoms with Crippen LogP contribution in [0.15, 0.2) is 91.0 Å². The van der Waals surface area contributed by atoms with Crippen molar-refractivity contribution >= 4 is 16.9 Å². The monoisotopic (exact) mass is 437 g/mol. The highest BCUT2D eigenvalue weighted by atomic mass is 16.5. The van der Waals surface area contributed by atoms with Crippen molar-refractivity contribution in [2.75, 3.05) is 0 Å². The van der Waals surface area contributed by atoms with Crippen LogP contribution in [0.5, 0.6) is 5.75 Å². The van der Waals surface area contributed by atoms with Gasteiger partial charge in [-0.1, -0.05) is 73.2 Å². The SMILES string of the molecule is O=C(O)C1(c2ccc(OCc3ccc4ccccc4n3)cc2)CCCC(c2ccccc2)C1. The van der Waals surface area contributed by atoms with Crippen molar-refractivity contribution in [2.24, 2.45) is 0 Å². The number of hydrogen-bond acceptors (Lipinski definition) is 3. The third-order valence-electron chi connectivity index (χ3n) is 6.88. The van der Waals surface area contributed by atoms with Crippen LogP contribution in [-0.2, 0) is 16.8 Å². The highest BCUT2D eigenvalue weighted by Gasteiger charge is 2.44. The van der Waals surface area contributed by atoms with E-state index in [1.807, 2.05) is 78.9 Å². The van der Waals surface area contributed by atoms with Gasteiger partial charge in [-0.25, -0.2) is 4.98 Å². The summed E-state index contributed by atoms with van der Waals surface area (Å²) < 4.78 is 5.96. The molecular weight excluding hydrogens is 410 g/mol. The first kappa shape index (κ1) is 21.2. The summed E-state index contributed by atoms with van der Waals surface area (Å²) in [6, 6.07) is 29.9. The maximum Gasteiger partial charge on any atom is 0.314 e. The Morgan fingerprint density at radius 3 is 2.48 bits per heavy atom. The van der Waals surface area contributed by atoms with E-state index in [9.17, 15) is 9.90 Å². The van der Waals surface area contributed by atoms with E-state index in [4.69, 9.17) is 4.74 Å². The van der Waals surface area contributed by atoms with E-state index < -0.39 is 11.4 Å². The van der Waals surface area contributed by atoms with E-state index in [-0.39, 0.29) is 5.92 Å². The second kappa shape index (κ2) is 9.07. The van der Waals surface area contributed by atoms with Crippen molar-refractivity contribution < 1.29 is 14.6 Å². The molecular formula is C29H27NO3. The largest absolute Gasteiger partial charge is 0.487 e. The molecule has 0 aliphatic heterocycles. The molecule has 166 valence electrons. The number of rotatable bonds is 6. The molecule has 1 fully saturated rings. The molecule has 2 atom stereocenters. The molecule has 4 nitrogen and oxygen atoms in total. The number of carboxylic acids is 1. The maximum atomic E-state index is 12.5. The summed E-state index contributed by atoms with van der Waals surface area (Å²) >= 11 is 0. The predicted octanol–water partition coefficient (Wildman–Crippen LogP) is 6.49. The minimum Gasteiger partial charge on any atom is -0.487 e. The van der Waals surface area contributed by atoms with Crippen LogP contribution in [0.25, 0.3) is 10.9 Å². The fourth-order valence-corrected chi connectivity index (χ4v) is 5.08. The third kappa shape index (κ3) is 4.34. The van der Waals surface area contributed by atoms with Crippen LogP contribution < -0.4 is 4.74 Å². The van der Waals surface area contributed by atoms with E-state index in [1.165, 1.54) is 5.56 Å². The van der Waals surface area contributed by atoms with Crippen molar-refractivity contribution in [1.29, 1.82) is 0 Å². The predicted molar refractivity (Wildman–Crippen MR) is 129 cm³/mol. The summed E-state index contributed by atoms with van der Waals surface area (Å²) in [5.74, 6) is 0.229. The second-order valence-corrected chi connectivity index (χ2v) is 8.90. The fourth-order valence-electron chi connectivity index (χ4n) is 5.08. The number of carbonyl (C=O) groups is 1. The summed E-state index contributed by atoms with van der Waals surface area (Å²) in [6.07, 6.45) is 3.21. The van der Waals surface area contributed by atoms with Gasteiger partial charge in [0, 0.05) is 5.39 Å². The number of para-hydroxylation sites is 1. The Kier molecular flexibility index (Phi) is 5.82. The van der Waals surface area contributed by atoms with E-state index in [0.29, 0.717) is 25.2 Å². The Morgan fingerprint density at radius 1 is 0.939 bits per heavy atom. The van der Waals surface area contributed by atoms with Gasteiger partial charge in [0.05, 0.1) is 16.6 Å². The zero-order valence-electron chi connectivity index (χ0n) is 18.5. The van der Waals surface area contributed by atoms with Crippen LogP contribution in [-0.4, -0.2) is 16.1 Å². The molecule has 0 spiro atoms. The molecule has 33 heavy (non-hydrogen) atoms. The Morgan fingerprint density at radius 2 is 1.70 bits per heavy atom. The Bertz CT molecular complexity index is 1250. The molecule has 0 bridgehead atoms. The van der Waals surface area contributed by atoms with Gasteiger partial charge in [-0.3, -0.25) is 4.79 Å². The lowest BCUT2D eigenvalue weighted by Gasteiger charge is -2.38. The van der Waals surface area contributed by atoms with Crippen LogP contribution in [0, 0.1) is 0 Å². The van der Waals surface area contributed by atoms with Crippen LogP contribution in [0.3, 0.4) is 0 Å². The fraction of sp³-hybridized carbons (Fsp3) is 0.241. The van der Waals surface area contributed by atoms with Crippen molar-refractivity contribution in [3.8, 4) is 5.75 Å². The minimum atomic E-state index is -0.864. The first-order valence-corrected chi connectivity index (χ1v) is 11.5. The van der Waals surface area contributed by atoms with Crippen LogP contribution >= 0.6 is 0 Å². The average molecular weight is 438 g/mol. The standard InChI is InChI=1S/C29H27NO3/c31-28(32)29(18-6-10-23(19-29)21-7-2-1-3-8-21)24-13-16-26(17-14-24)33-20-25-15-12-22-9-4-5-11-27(22)30-25/h1-5,7-9,11-17,23H,6,10,18-20H2,(H,31,32). The van der Waals surface area contributed by atoms with Gasteiger partial charge in [-0.05, 0) is 60.6 Å². The summed E-state index contributed by atoms with van der Waals surface area (Å²) in [7, 11) is 0. The molecule has 1 aromatic heterocycles. The zero-order chi connectivity index (χ0) is 22.7. The highest BCUT2D eigenvalue weighted by molar-refractivity contribution is 5.82. The molecule has 0 radical (unpaired) electrons. The number of aromatic nitrogens is 1. The number of fused-ring (bicyclic) bond motifs is 1. The zero-order valence-corrected chi connectivity index (χ0v) is 18.5. The van der Waals surface area contributed by atoms with Gasteiger partial charge >= 0.3 is 5.97 Å². The Labute approximate surface area is 193 Å². The summed E-state index contributed by atoms with van der Waals surface area (Å²) in [5, 5.41) is 11.4. The first-order chi connectivity index (χ1) is 16.1. The smallest absolute Gasteiger partial charge is 0.314 e. The van der Waals surface area contributed by atoms with E-state index in [0.717, 1.165) is 35.0 Å². The van der Waals surface area contributed by atoms with Crippen molar-refractivity contribution in [2.45, 2.75) is 43.6 Å². The Hall–Kier alpha value is -3.66. The molecule has 5 rings (SSSR count). The Balaban J connectivity index is 1.32. The van der Waals surface area contributed by atoms with Crippen molar-refractivity contribution in [3.63, 3.8) is 0 Å². The summed E-state index contributed by atoms with van der Waals surface area (Å²) in [5.41, 5.74) is 3.02. The third-order valence-corrected chi connectivity index (χ3v) is 6.88. The molecule has 0 saturated heterocycles. The quantitative estimate of drug-likeness (QED) is 0.374. The number of carboxylic acid groups (broad SMARTS) is 1. The topological polar surface area (TPSA) is 59.4 Å². The van der Waals surface area contributed by atoms with Crippen LogP contribution in [0.4, 0.5) is 0 Å². The number of nitrogens with zero attached hydrogens (tertiary/aromatic N) is 1.